The van der Waals surface area contributed by atoms with Gasteiger partial charge in [0.25, 0.3) is 0 Å². The number of nitriles is 1. The van der Waals surface area contributed by atoms with Crippen molar-refractivity contribution in [3.05, 3.63) is 28.2 Å². The molecule has 0 radical (unpaired) electrons. The normalized spacial score (nSPS) is 24.1. The second-order valence-corrected chi connectivity index (χ2v) is 5.17. The van der Waals surface area contributed by atoms with Crippen molar-refractivity contribution in [3.63, 3.8) is 0 Å². The Kier molecular flexibility index (Phi) is 2.97. The molecule has 0 aliphatic heterocycles. The van der Waals surface area contributed by atoms with Crippen LogP contribution in [0, 0.1) is 17.2 Å². The molecular weight excluding hydrogens is 252 g/mol. The van der Waals surface area contributed by atoms with Gasteiger partial charge < -0.3 is 5.32 Å². The van der Waals surface area contributed by atoms with E-state index in [0.29, 0.717) is 11.6 Å². The summed E-state index contributed by atoms with van der Waals surface area (Å²) in [4.78, 5) is 0. The van der Waals surface area contributed by atoms with Crippen molar-refractivity contribution >= 4 is 21.6 Å². The Balaban J connectivity index is 2.08. The highest BCUT2D eigenvalue weighted by Gasteiger charge is 2.24. The zero-order valence-electron chi connectivity index (χ0n) is 8.63. The summed E-state index contributed by atoms with van der Waals surface area (Å²) in [6, 6.07) is 8.48. The van der Waals surface area contributed by atoms with Crippen molar-refractivity contribution in [1.29, 1.82) is 5.26 Å². The van der Waals surface area contributed by atoms with E-state index < -0.39 is 0 Å². The van der Waals surface area contributed by atoms with Gasteiger partial charge in [-0.1, -0.05) is 22.9 Å². The highest BCUT2D eigenvalue weighted by atomic mass is 79.9. The molecule has 2 rings (SSSR count). The molecule has 1 aliphatic rings. The van der Waals surface area contributed by atoms with Crippen molar-refractivity contribution in [2.75, 3.05) is 5.32 Å². The van der Waals surface area contributed by atoms with E-state index in [0.717, 1.165) is 16.1 Å². The lowest BCUT2D eigenvalue weighted by molar-refractivity contribution is 0.309. The summed E-state index contributed by atoms with van der Waals surface area (Å²) in [5.41, 5.74) is 1.73. The molecule has 15 heavy (non-hydrogen) atoms. The topological polar surface area (TPSA) is 35.8 Å². The second kappa shape index (κ2) is 4.24. The molecule has 1 aromatic rings. The fraction of sp³-hybridized carbons (Fsp3) is 0.417. The van der Waals surface area contributed by atoms with Crippen LogP contribution in [-0.2, 0) is 0 Å². The first-order chi connectivity index (χ1) is 7.17. The van der Waals surface area contributed by atoms with E-state index in [1.165, 1.54) is 12.8 Å². The van der Waals surface area contributed by atoms with Gasteiger partial charge in [-0.2, -0.15) is 5.26 Å². The monoisotopic (exact) mass is 264 g/mol. The lowest BCUT2D eigenvalue weighted by atomic mass is 9.82. The number of nitrogens with one attached hydrogen (secondary N) is 1. The van der Waals surface area contributed by atoms with Crippen LogP contribution in [0.15, 0.2) is 22.7 Å². The molecule has 0 atom stereocenters. The molecule has 0 aromatic heterocycles. The molecular formula is C12H13BrN2. The average Bonchev–Trinajstić information content (AvgIpc) is 2.14. The molecule has 0 unspecified atom stereocenters. The maximum Gasteiger partial charge on any atom is 0.0992 e. The minimum atomic E-state index is 0.584. The molecule has 1 aromatic carbocycles. The number of hydrogen-bond acceptors (Lipinski definition) is 2. The van der Waals surface area contributed by atoms with Crippen molar-refractivity contribution in [2.45, 2.75) is 25.8 Å². The van der Waals surface area contributed by atoms with Gasteiger partial charge in [-0.05, 0) is 37.0 Å². The first-order valence-electron chi connectivity index (χ1n) is 5.14. The average molecular weight is 265 g/mol. The number of hydrogen-bond donors (Lipinski definition) is 1. The van der Waals surface area contributed by atoms with Gasteiger partial charge in [-0.15, -0.1) is 0 Å². The van der Waals surface area contributed by atoms with Crippen LogP contribution in [0.4, 0.5) is 5.69 Å². The van der Waals surface area contributed by atoms with Crippen LogP contribution in [0.25, 0.3) is 0 Å². The number of benzene rings is 1. The van der Waals surface area contributed by atoms with E-state index in [1.807, 2.05) is 18.2 Å². The van der Waals surface area contributed by atoms with Gasteiger partial charge in [0.1, 0.15) is 0 Å². The molecule has 0 amide bonds. The summed E-state index contributed by atoms with van der Waals surface area (Å²) in [7, 11) is 0. The van der Waals surface area contributed by atoms with E-state index in [-0.39, 0.29) is 0 Å². The Morgan fingerprint density at radius 1 is 1.40 bits per heavy atom. The Morgan fingerprint density at radius 3 is 2.73 bits per heavy atom. The SMILES string of the molecule is CC1CC(Nc2cc(Br)cc(C#N)c2)C1. The largest absolute Gasteiger partial charge is 0.382 e. The molecule has 1 aliphatic carbocycles. The van der Waals surface area contributed by atoms with Gasteiger partial charge >= 0.3 is 0 Å². The minimum absolute atomic E-state index is 0.584. The smallest absolute Gasteiger partial charge is 0.0992 e. The van der Waals surface area contributed by atoms with Crippen molar-refractivity contribution in [3.8, 4) is 6.07 Å². The van der Waals surface area contributed by atoms with E-state index in [4.69, 9.17) is 5.26 Å². The van der Waals surface area contributed by atoms with E-state index in [2.05, 4.69) is 34.2 Å². The van der Waals surface area contributed by atoms with Gasteiger partial charge in [-0.3, -0.25) is 0 Å². The van der Waals surface area contributed by atoms with Crippen LogP contribution in [0.2, 0.25) is 0 Å². The summed E-state index contributed by atoms with van der Waals surface area (Å²) in [6.45, 7) is 2.26. The first-order valence-corrected chi connectivity index (χ1v) is 5.94. The fourth-order valence-electron chi connectivity index (χ4n) is 1.99. The summed E-state index contributed by atoms with van der Waals surface area (Å²) < 4.78 is 0.955. The molecule has 1 fully saturated rings. The van der Waals surface area contributed by atoms with Crippen LogP contribution in [0.1, 0.15) is 25.3 Å². The third-order valence-electron chi connectivity index (χ3n) is 2.77. The Bertz CT molecular complexity index is 403. The molecule has 0 heterocycles. The maximum atomic E-state index is 8.84. The van der Waals surface area contributed by atoms with Crippen LogP contribution in [0.3, 0.4) is 0 Å². The number of halogens is 1. The highest BCUT2D eigenvalue weighted by molar-refractivity contribution is 9.10. The maximum absolute atomic E-state index is 8.84. The number of nitrogens with zero attached hydrogens (tertiary/aromatic N) is 1. The molecule has 3 heteroatoms. The molecule has 0 spiro atoms. The van der Waals surface area contributed by atoms with Crippen molar-refractivity contribution < 1.29 is 0 Å². The molecule has 1 N–H and O–H groups in total. The molecule has 0 saturated heterocycles. The molecule has 0 bridgehead atoms. The standard InChI is InChI=1S/C12H13BrN2/c1-8-2-11(3-8)15-12-5-9(7-14)4-10(13)6-12/h4-6,8,11,15H,2-3H2,1H3. The lowest BCUT2D eigenvalue weighted by Gasteiger charge is -2.34. The minimum Gasteiger partial charge on any atom is -0.382 e. The molecule has 1 saturated carbocycles. The first kappa shape index (κ1) is 10.5. The van der Waals surface area contributed by atoms with E-state index >= 15 is 0 Å². The van der Waals surface area contributed by atoms with Crippen molar-refractivity contribution in [2.24, 2.45) is 5.92 Å². The van der Waals surface area contributed by atoms with Gasteiger partial charge in [0.15, 0.2) is 0 Å². The molecule has 2 nitrogen and oxygen atoms in total. The van der Waals surface area contributed by atoms with E-state index in [9.17, 15) is 0 Å². The highest BCUT2D eigenvalue weighted by Crippen LogP contribution is 2.30. The summed E-state index contributed by atoms with van der Waals surface area (Å²) in [6.07, 6.45) is 2.46. The second-order valence-electron chi connectivity index (χ2n) is 4.26. The Labute approximate surface area is 98.4 Å². The summed E-state index contributed by atoms with van der Waals surface area (Å²) >= 11 is 3.40. The Hall–Kier alpha value is -1.01. The third kappa shape index (κ3) is 2.51. The van der Waals surface area contributed by atoms with Crippen LogP contribution in [0.5, 0.6) is 0 Å². The van der Waals surface area contributed by atoms with E-state index in [1.54, 1.807) is 0 Å². The zero-order chi connectivity index (χ0) is 10.8. The van der Waals surface area contributed by atoms with Crippen LogP contribution < -0.4 is 5.32 Å². The van der Waals surface area contributed by atoms with Gasteiger partial charge in [0, 0.05) is 16.2 Å². The zero-order valence-corrected chi connectivity index (χ0v) is 10.2. The van der Waals surface area contributed by atoms with Crippen LogP contribution >= 0.6 is 15.9 Å². The Morgan fingerprint density at radius 2 is 2.13 bits per heavy atom. The van der Waals surface area contributed by atoms with Gasteiger partial charge in [0.2, 0.25) is 0 Å². The van der Waals surface area contributed by atoms with Gasteiger partial charge in [-0.25, -0.2) is 0 Å². The number of anilines is 1. The predicted molar refractivity (Wildman–Crippen MR) is 64.7 cm³/mol. The van der Waals surface area contributed by atoms with Crippen LogP contribution in [-0.4, -0.2) is 6.04 Å². The summed E-state index contributed by atoms with van der Waals surface area (Å²) in [5, 5.41) is 12.3. The summed E-state index contributed by atoms with van der Waals surface area (Å²) in [5.74, 6) is 0.838. The lowest BCUT2D eigenvalue weighted by Crippen LogP contribution is -2.33. The predicted octanol–water partition coefficient (Wildman–Crippen LogP) is 3.53. The van der Waals surface area contributed by atoms with Crippen molar-refractivity contribution in [1.82, 2.24) is 0 Å². The quantitative estimate of drug-likeness (QED) is 0.887. The third-order valence-corrected chi connectivity index (χ3v) is 3.23. The van der Waals surface area contributed by atoms with Gasteiger partial charge in [0.05, 0.1) is 11.6 Å². The number of rotatable bonds is 2. The fourth-order valence-corrected chi connectivity index (χ4v) is 2.49. The molecule has 78 valence electrons.